The molecule has 1 rings (SSSR count). The molecule has 0 aliphatic heterocycles. The summed E-state index contributed by atoms with van der Waals surface area (Å²) in [6.07, 6.45) is 0. The molecular weight excluding hydrogens is 235 g/mol. The summed E-state index contributed by atoms with van der Waals surface area (Å²) in [5, 5.41) is 0. The van der Waals surface area contributed by atoms with Gasteiger partial charge in [-0.1, -0.05) is 41.9 Å². The second kappa shape index (κ2) is 5.38. The SMILES string of the molecule is C[C@@](CCl)(C(=O)OCCl)c1ccccc1. The number of carbonyl (C=O) groups excluding carboxylic acids is 1. The van der Waals surface area contributed by atoms with Gasteiger partial charge in [0.2, 0.25) is 0 Å². The topological polar surface area (TPSA) is 26.3 Å². The van der Waals surface area contributed by atoms with Gasteiger partial charge in [0.1, 0.15) is 5.41 Å². The molecular formula is C11H12Cl2O2. The smallest absolute Gasteiger partial charge is 0.318 e. The molecule has 1 aromatic rings. The molecule has 0 radical (unpaired) electrons. The standard InChI is InChI=1S/C11H12Cl2O2/c1-11(7-12,10(14)15-8-13)9-5-3-2-4-6-9/h2-6H,7-8H2,1H3/t11-/m0/s1. The van der Waals surface area contributed by atoms with Crippen molar-refractivity contribution in [3.63, 3.8) is 0 Å². The minimum atomic E-state index is -0.836. The first-order valence-corrected chi connectivity index (χ1v) is 5.56. The molecule has 0 aliphatic rings. The Labute approximate surface area is 99.1 Å². The summed E-state index contributed by atoms with van der Waals surface area (Å²) < 4.78 is 4.79. The van der Waals surface area contributed by atoms with Gasteiger partial charge in [-0.25, -0.2) is 0 Å². The number of hydrogen-bond acceptors (Lipinski definition) is 2. The Balaban J connectivity index is 3.00. The zero-order valence-electron chi connectivity index (χ0n) is 8.37. The summed E-state index contributed by atoms with van der Waals surface area (Å²) in [5.41, 5.74) is -0.00680. The molecule has 2 nitrogen and oxygen atoms in total. The molecule has 1 atom stereocenters. The molecule has 0 unspecified atom stereocenters. The molecule has 0 amide bonds. The Hall–Kier alpha value is -0.730. The molecule has 82 valence electrons. The molecule has 0 saturated heterocycles. The Morgan fingerprint density at radius 2 is 1.93 bits per heavy atom. The van der Waals surface area contributed by atoms with E-state index in [9.17, 15) is 4.79 Å². The van der Waals surface area contributed by atoms with Crippen LogP contribution in [-0.2, 0) is 14.9 Å². The molecule has 4 heteroatoms. The van der Waals surface area contributed by atoms with Crippen LogP contribution in [-0.4, -0.2) is 17.9 Å². The van der Waals surface area contributed by atoms with Gasteiger partial charge in [-0.15, -0.1) is 11.6 Å². The highest BCUT2D eigenvalue weighted by molar-refractivity contribution is 6.21. The Morgan fingerprint density at radius 3 is 2.40 bits per heavy atom. The molecule has 0 heterocycles. The van der Waals surface area contributed by atoms with Crippen LogP contribution in [0.3, 0.4) is 0 Å². The van der Waals surface area contributed by atoms with E-state index in [4.69, 9.17) is 27.9 Å². The van der Waals surface area contributed by atoms with E-state index in [0.29, 0.717) is 0 Å². The van der Waals surface area contributed by atoms with Gasteiger partial charge in [0.15, 0.2) is 6.07 Å². The van der Waals surface area contributed by atoms with Crippen molar-refractivity contribution in [2.24, 2.45) is 0 Å². The molecule has 15 heavy (non-hydrogen) atoms. The van der Waals surface area contributed by atoms with Crippen LogP contribution >= 0.6 is 23.2 Å². The average Bonchev–Trinajstić information content (AvgIpc) is 2.29. The summed E-state index contributed by atoms with van der Waals surface area (Å²) >= 11 is 11.2. The van der Waals surface area contributed by atoms with E-state index in [2.05, 4.69) is 0 Å². The van der Waals surface area contributed by atoms with E-state index in [1.54, 1.807) is 6.92 Å². The molecule has 1 aromatic carbocycles. The van der Waals surface area contributed by atoms with Gasteiger partial charge in [0.25, 0.3) is 0 Å². The lowest BCUT2D eigenvalue weighted by atomic mass is 9.84. The average molecular weight is 247 g/mol. The van der Waals surface area contributed by atoms with Crippen molar-refractivity contribution in [3.8, 4) is 0 Å². The summed E-state index contributed by atoms with van der Waals surface area (Å²) in [6.45, 7) is 1.74. The van der Waals surface area contributed by atoms with Gasteiger partial charge in [0.05, 0.1) is 0 Å². The highest BCUT2D eigenvalue weighted by atomic mass is 35.5. The first-order valence-electron chi connectivity index (χ1n) is 4.50. The summed E-state index contributed by atoms with van der Waals surface area (Å²) in [4.78, 5) is 11.7. The van der Waals surface area contributed by atoms with Crippen LogP contribution in [0.2, 0.25) is 0 Å². The van der Waals surface area contributed by atoms with Crippen molar-refractivity contribution in [2.45, 2.75) is 12.3 Å². The van der Waals surface area contributed by atoms with Crippen LogP contribution in [0.15, 0.2) is 30.3 Å². The summed E-state index contributed by atoms with van der Waals surface area (Å²) in [7, 11) is 0. The van der Waals surface area contributed by atoms with Crippen molar-refractivity contribution >= 4 is 29.2 Å². The quantitative estimate of drug-likeness (QED) is 0.604. The van der Waals surface area contributed by atoms with Gasteiger partial charge < -0.3 is 4.74 Å². The Kier molecular flexibility index (Phi) is 4.43. The van der Waals surface area contributed by atoms with Crippen LogP contribution in [0.4, 0.5) is 0 Å². The third-order valence-corrected chi connectivity index (χ3v) is 2.96. The predicted molar refractivity (Wildman–Crippen MR) is 61.3 cm³/mol. The molecule has 0 spiro atoms. The van der Waals surface area contributed by atoms with Gasteiger partial charge in [-0.3, -0.25) is 4.79 Å². The molecule has 0 bridgehead atoms. The number of rotatable bonds is 4. The van der Waals surface area contributed by atoms with Crippen molar-refractivity contribution in [2.75, 3.05) is 11.9 Å². The number of hydrogen-bond donors (Lipinski definition) is 0. The highest BCUT2D eigenvalue weighted by Gasteiger charge is 2.35. The number of alkyl halides is 2. The van der Waals surface area contributed by atoms with E-state index in [-0.39, 0.29) is 11.9 Å². The van der Waals surface area contributed by atoms with Crippen LogP contribution in [0.25, 0.3) is 0 Å². The minimum absolute atomic E-state index is 0.155. The fourth-order valence-electron chi connectivity index (χ4n) is 1.26. The van der Waals surface area contributed by atoms with Gasteiger partial charge in [0, 0.05) is 5.88 Å². The predicted octanol–water partition coefficient (Wildman–Crippen LogP) is 2.92. The first-order chi connectivity index (χ1) is 7.15. The van der Waals surface area contributed by atoms with Gasteiger partial charge in [-0.2, -0.15) is 0 Å². The van der Waals surface area contributed by atoms with Crippen molar-refractivity contribution in [3.05, 3.63) is 35.9 Å². The fraction of sp³-hybridized carbons (Fsp3) is 0.364. The molecule has 0 fully saturated rings. The second-order valence-corrected chi connectivity index (χ2v) is 3.86. The van der Waals surface area contributed by atoms with E-state index < -0.39 is 11.4 Å². The van der Waals surface area contributed by atoms with Crippen LogP contribution in [0.1, 0.15) is 12.5 Å². The molecule has 0 saturated carbocycles. The fourth-order valence-corrected chi connectivity index (χ4v) is 1.63. The van der Waals surface area contributed by atoms with Gasteiger partial charge >= 0.3 is 5.97 Å². The maximum atomic E-state index is 11.7. The van der Waals surface area contributed by atoms with E-state index in [1.807, 2.05) is 30.3 Å². The first kappa shape index (κ1) is 12.3. The van der Waals surface area contributed by atoms with E-state index >= 15 is 0 Å². The number of ether oxygens (including phenoxy) is 1. The van der Waals surface area contributed by atoms with Crippen molar-refractivity contribution in [1.82, 2.24) is 0 Å². The number of carbonyl (C=O) groups is 1. The van der Waals surface area contributed by atoms with Crippen molar-refractivity contribution < 1.29 is 9.53 Å². The lowest BCUT2D eigenvalue weighted by Gasteiger charge is -2.24. The minimum Gasteiger partial charge on any atom is -0.449 e. The lowest BCUT2D eigenvalue weighted by molar-refractivity contribution is -0.147. The number of halogens is 2. The molecule has 0 aliphatic carbocycles. The third kappa shape index (κ3) is 2.64. The normalized spacial score (nSPS) is 14.3. The van der Waals surface area contributed by atoms with Crippen LogP contribution < -0.4 is 0 Å². The lowest BCUT2D eigenvalue weighted by Crippen LogP contribution is -2.36. The van der Waals surface area contributed by atoms with Gasteiger partial charge in [-0.05, 0) is 12.5 Å². The molecule has 0 aromatic heterocycles. The maximum Gasteiger partial charge on any atom is 0.318 e. The van der Waals surface area contributed by atoms with E-state index in [0.717, 1.165) is 5.56 Å². The van der Waals surface area contributed by atoms with Crippen LogP contribution in [0.5, 0.6) is 0 Å². The Morgan fingerprint density at radius 1 is 1.33 bits per heavy atom. The van der Waals surface area contributed by atoms with Crippen LogP contribution in [0, 0.1) is 0 Å². The zero-order valence-corrected chi connectivity index (χ0v) is 9.89. The zero-order chi connectivity index (χ0) is 11.3. The van der Waals surface area contributed by atoms with E-state index in [1.165, 1.54) is 0 Å². The monoisotopic (exact) mass is 246 g/mol. The number of benzene rings is 1. The Bertz CT molecular complexity index is 327. The second-order valence-electron chi connectivity index (χ2n) is 3.37. The summed E-state index contributed by atoms with van der Waals surface area (Å²) in [6, 6.07) is 9.13. The number of esters is 1. The largest absolute Gasteiger partial charge is 0.449 e. The third-order valence-electron chi connectivity index (χ3n) is 2.31. The molecule has 0 N–H and O–H groups in total. The van der Waals surface area contributed by atoms with Crippen molar-refractivity contribution in [1.29, 1.82) is 0 Å². The maximum absolute atomic E-state index is 11.7. The highest BCUT2D eigenvalue weighted by Crippen LogP contribution is 2.26. The summed E-state index contributed by atoms with van der Waals surface area (Å²) in [5.74, 6) is -0.245.